The van der Waals surface area contributed by atoms with E-state index >= 15 is 0 Å². The Morgan fingerprint density at radius 1 is 1.37 bits per heavy atom. The van der Waals surface area contributed by atoms with Crippen molar-refractivity contribution in [2.75, 3.05) is 0 Å². The number of halogens is 2. The van der Waals surface area contributed by atoms with Gasteiger partial charge in [-0.3, -0.25) is 14.1 Å². The van der Waals surface area contributed by atoms with Gasteiger partial charge in [-0.2, -0.15) is 8.42 Å². The van der Waals surface area contributed by atoms with Gasteiger partial charge in [-0.1, -0.05) is 23.2 Å². The molecule has 0 aliphatic rings. The zero-order chi connectivity index (χ0) is 14.8. The van der Waals surface area contributed by atoms with E-state index < -0.39 is 21.3 Å². The summed E-state index contributed by atoms with van der Waals surface area (Å²) in [5, 5.41) is -2.34. The molecule has 1 unspecified atom stereocenters. The van der Waals surface area contributed by atoms with E-state index in [1.54, 1.807) is 0 Å². The first-order valence-electron chi connectivity index (χ1n) is 4.68. The lowest BCUT2D eigenvalue weighted by atomic mass is 10.1. The number of carbonyl (C=O) groups is 1. The van der Waals surface area contributed by atoms with Gasteiger partial charge in [-0.15, -0.1) is 0 Å². The second-order valence-corrected chi connectivity index (χ2v) is 5.73. The second kappa shape index (κ2) is 5.87. The standard InChI is InChI=1S/C10H7Cl2O6S/c1-5(14)18-9-3-7(11)6(2-8(9)12)10(4-13)19(15,16)17/h2-3,10H,1H3,(H,15,16,17). The third-order valence-electron chi connectivity index (χ3n) is 1.99. The highest BCUT2D eigenvalue weighted by Gasteiger charge is 2.29. The van der Waals surface area contributed by atoms with E-state index in [-0.39, 0.29) is 21.4 Å². The largest absolute Gasteiger partial charge is 0.425 e. The molecule has 1 N–H and O–H groups in total. The SMILES string of the molecule is CC(=O)Oc1cc(Cl)c(C([C]=O)S(=O)(=O)O)cc1Cl. The lowest BCUT2D eigenvalue weighted by molar-refractivity contribution is -0.131. The first-order valence-corrected chi connectivity index (χ1v) is 6.94. The van der Waals surface area contributed by atoms with Crippen molar-refractivity contribution in [3.8, 4) is 5.75 Å². The molecule has 0 aromatic heterocycles. The van der Waals surface area contributed by atoms with Gasteiger partial charge in [0, 0.05) is 23.6 Å². The minimum atomic E-state index is -4.72. The van der Waals surface area contributed by atoms with Gasteiger partial charge in [-0.25, -0.2) is 0 Å². The molecule has 9 heteroatoms. The van der Waals surface area contributed by atoms with Gasteiger partial charge in [-0.05, 0) is 6.07 Å². The molecule has 0 saturated heterocycles. The molecule has 0 aliphatic heterocycles. The first-order chi connectivity index (χ1) is 8.66. The topological polar surface area (TPSA) is 97.7 Å². The smallest absolute Gasteiger partial charge is 0.308 e. The Labute approximate surface area is 119 Å². The molecule has 0 spiro atoms. The van der Waals surface area contributed by atoms with Crippen molar-refractivity contribution in [2.24, 2.45) is 0 Å². The summed E-state index contributed by atoms with van der Waals surface area (Å²) in [5.74, 6) is -0.748. The van der Waals surface area contributed by atoms with Crippen molar-refractivity contribution in [3.63, 3.8) is 0 Å². The Kier molecular flexibility index (Phi) is 4.92. The normalized spacial score (nSPS) is 12.8. The second-order valence-electron chi connectivity index (χ2n) is 3.41. The van der Waals surface area contributed by atoms with Crippen molar-refractivity contribution < 1.29 is 27.3 Å². The summed E-state index contributed by atoms with van der Waals surface area (Å²) in [6.45, 7) is 1.14. The molecule has 0 amide bonds. The highest BCUT2D eigenvalue weighted by atomic mass is 35.5. The van der Waals surface area contributed by atoms with E-state index in [9.17, 15) is 18.0 Å². The Bertz CT molecular complexity index is 625. The predicted molar refractivity (Wildman–Crippen MR) is 67.8 cm³/mol. The fraction of sp³-hybridized carbons (Fsp3) is 0.200. The number of hydrogen-bond acceptors (Lipinski definition) is 5. The predicted octanol–water partition coefficient (Wildman–Crippen LogP) is 1.96. The average molecular weight is 326 g/mol. The van der Waals surface area contributed by atoms with Gasteiger partial charge in [0.25, 0.3) is 10.1 Å². The molecule has 0 heterocycles. The number of rotatable bonds is 4. The maximum absolute atomic E-state index is 11.0. The quantitative estimate of drug-likeness (QED) is 0.516. The van der Waals surface area contributed by atoms with Gasteiger partial charge >= 0.3 is 5.97 Å². The van der Waals surface area contributed by atoms with Gasteiger partial charge in [0.1, 0.15) is 0 Å². The van der Waals surface area contributed by atoms with Crippen LogP contribution in [0, 0.1) is 0 Å². The summed E-state index contributed by atoms with van der Waals surface area (Å²) in [6, 6.07) is 2.07. The van der Waals surface area contributed by atoms with E-state index in [2.05, 4.69) is 0 Å². The molecule has 0 fully saturated rings. The fourth-order valence-corrected chi connectivity index (χ4v) is 2.44. The maximum Gasteiger partial charge on any atom is 0.308 e. The molecule has 0 saturated carbocycles. The van der Waals surface area contributed by atoms with Crippen molar-refractivity contribution in [2.45, 2.75) is 12.2 Å². The van der Waals surface area contributed by atoms with Crippen molar-refractivity contribution >= 4 is 45.6 Å². The van der Waals surface area contributed by atoms with Crippen LogP contribution in [0.3, 0.4) is 0 Å². The first kappa shape index (κ1) is 15.9. The number of hydrogen-bond donors (Lipinski definition) is 1. The maximum atomic E-state index is 11.0. The van der Waals surface area contributed by atoms with Gasteiger partial charge in [0.2, 0.25) is 6.29 Å². The summed E-state index contributed by atoms with van der Waals surface area (Å²) >= 11 is 11.5. The number of esters is 1. The summed E-state index contributed by atoms with van der Waals surface area (Å²) in [6.07, 6.45) is 1.15. The van der Waals surface area contributed by atoms with Gasteiger partial charge in [0.05, 0.1) is 5.02 Å². The van der Waals surface area contributed by atoms with E-state index in [4.69, 9.17) is 32.5 Å². The Balaban J connectivity index is 3.36. The molecule has 1 aromatic rings. The molecule has 6 nitrogen and oxygen atoms in total. The third-order valence-corrected chi connectivity index (χ3v) is 3.56. The van der Waals surface area contributed by atoms with Crippen LogP contribution in [0.4, 0.5) is 0 Å². The van der Waals surface area contributed by atoms with Gasteiger partial charge in [0.15, 0.2) is 11.0 Å². The molecule has 19 heavy (non-hydrogen) atoms. The molecule has 0 bridgehead atoms. The Hall–Kier alpha value is -1.15. The van der Waals surface area contributed by atoms with Crippen LogP contribution in [0.15, 0.2) is 12.1 Å². The molecule has 1 radical (unpaired) electrons. The monoisotopic (exact) mass is 325 g/mol. The highest BCUT2D eigenvalue weighted by Crippen LogP contribution is 2.35. The Morgan fingerprint density at radius 2 is 1.95 bits per heavy atom. The summed E-state index contributed by atoms with van der Waals surface area (Å²) in [5.41, 5.74) is -0.264. The highest BCUT2D eigenvalue weighted by molar-refractivity contribution is 7.86. The van der Waals surface area contributed by atoms with Crippen LogP contribution in [-0.4, -0.2) is 25.2 Å². The third kappa shape index (κ3) is 3.90. The van der Waals surface area contributed by atoms with Crippen LogP contribution in [-0.2, 0) is 19.7 Å². The van der Waals surface area contributed by atoms with Crippen molar-refractivity contribution in [1.82, 2.24) is 0 Å². The van der Waals surface area contributed by atoms with Crippen molar-refractivity contribution in [3.05, 3.63) is 27.7 Å². The molecule has 103 valence electrons. The zero-order valence-corrected chi connectivity index (χ0v) is 11.7. The summed E-state index contributed by atoms with van der Waals surface area (Å²) in [7, 11) is -4.72. The van der Waals surface area contributed by atoms with Crippen LogP contribution in [0.1, 0.15) is 17.7 Å². The van der Waals surface area contributed by atoms with E-state index in [1.807, 2.05) is 0 Å². The molecular formula is C10H7Cl2O6S. The summed E-state index contributed by atoms with van der Waals surface area (Å²) < 4.78 is 35.6. The Morgan fingerprint density at radius 3 is 2.37 bits per heavy atom. The average Bonchev–Trinajstić information content (AvgIpc) is 2.23. The minimum Gasteiger partial charge on any atom is -0.425 e. The van der Waals surface area contributed by atoms with E-state index in [0.29, 0.717) is 0 Å². The fourth-order valence-electron chi connectivity index (χ4n) is 1.26. The summed E-state index contributed by atoms with van der Waals surface area (Å²) in [4.78, 5) is 21.4. The van der Waals surface area contributed by atoms with Crippen molar-refractivity contribution in [1.29, 1.82) is 0 Å². The number of benzene rings is 1. The van der Waals surface area contributed by atoms with Crippen LogP contribution in [0.2, 0.25) is 10.0 Å². The van der Waals surface area contributed by atoms with Crippen LogP contribution >= 0.6 is 23.2 Å². The van der Waals surface area contributed by atoms with E-state index in [1.165, 1.54) is 0 Å². The van der Waals surface area contributed by atoms with Gasteiger partial charge < -0.3 is 4.74 Å². The molecular weight excluding hydrogens is 319 g/mol. The zero-order valence-electron chi connectivity index (χ0n) is 9.38. The molecule has 0 aliphatic carbocycles. The van der Waals surface area contributed by atoms with E-state index in [0.717, 1.165) is 25.3 Å². The lowest BCUT2D eigenvalue weighted by Crippen LogP contribution is -2.14. The number of ether oxygens (including phenoxy) is 1. The minimum absolute atomic E-state index is 0.0945. The van der Waals surface area contributed by atoms with Crippen LogP contribution < -0.4 is 4.74 Å². The molecule has 1 atom stereocenters. The molecule has 1 rings (SSSR count). The van der Waals surface area contributed by atoms with Crippen LogP contribution in [0.5, 0.6) is 5.75 Å². The molecule has 1 aromatic carbocycles. The number of carbonyl (C=O) groups excluding carboxylic acids is 2. The lowest BCUT2D eigenvalue weighted by Gasteiger charge is -2.12. The van der Waals surface area contributed by atoms with Crippen LogP contribution in [0.25, 0.3) is 0 Å².